The van der Waals surface area contributed by atoms with Crippen LogP contribution in [0.3, 0.4) is 0 Å². The molecular formula is C15H24O3. The van der Waals surface area contributed by atoms with E-state index in [1.54, 1.807) is 0 Å². The van der Waals surface area contributed by atoms with E-state index < -0.39 is 18.3 Å². The van der Waals surface area contributed by atoms with Crippen molar-refractivity contribution in [2.24, 2.45) is 5.92 Å². The summed E-state index contributed by atoms with van der Waals surface area (Å²) in [6, 6.07) is 0. The number of aliphatic hydroxyl groups is 3. The molecule has 1 saturated carbocycles. The number of rotatable bonds is 1. The summed E-state index contributed by atoms with van der Waals surface area (Å²) in [5.41, 5.74) is 2.10. The van der Waals surface area contributed by atoms with E-state index in [0.29, 0.717) is 31.3 Å². The van der Waals surface area contributed by atoms with Crippen LogP contribution >= 0.6 is 0 Å². The van der Waals surface area contributed by atoms with Crippen LogP contribution in [0.25, 0.3) is 0 Å². The number of hydrogen-bond acceptors (Lipinski definition) is 3. The molecule has 0 saturated heterocycles. The number of aliphatic hydroxyl groups excluding tert-OH is 3. The van der Waals surface area contributed by atoms with Crippen LogP contribution in [0, 0.1) is 5.92 Å². The highest BCUT2D eigenvalue weighted by molar-refractivity contribution is 5.15. The van der Waals surface area contributed by atoms with Gasteiger partial charge in [-0.25, -0.2) is 0 Å². The zero-order valence-corrected chi connectivity index (χ0v) is 11.1. The summed E-state index contributed by atoms with van der Waals surface area (Å²) in [5, 5.41) is 30.0. The first-order valence-corrected chi connectivity index (χ1v) is 6.38. The molecule has 0 aliphatic heterocycles. The van der Waals surface area contributed by atoms with Crippen molar-refractivity contribution in [3.63, 3.8) is 0 Å². The van der Waals surface area contributed by atoms with Crippen LogP contribution in [-0.4, -0.2) is 33.6 Å². The maximum absolute atomic E-state index is 10.0. The minimum absolute atomic E-state index is 0.00815. The van der Waals surface area contributed by atoms with E-state index >= 15 is 0 Å². The predicted molar refractivity (Wildman–Crippen MR) is 73.1 cm³/mol. The molecule has 18 heavy (non-hydrogen) atoms. The summed E-state index contributed by atoms with van der Waals surface area (Å²) in [7, 11) is 0. The number of hydrogen-bond donors (Lipinski definition) is 3. The molecule has 1 aliphatic rings. The van der Waals surface area contributed by atoms with Gasteiger partial charge in [0.15, 0.2) is 0 Å². The first kappa shape index (κ1) is 15.2. The van der Waals surface area contributed by atoms with Gasteiger partial charge >= 0.3 is 0 Å². The van der Waals surface area contributed by atoms with Crippen molar-refractivity contribution in [1.29, 1.82) is 0 Å². The molecule has 3 nitrogen and oxygen atoms in total. The van der Waals surface area contributed by atoms with Crippen LogP contribution < -0.4 is 0 Å². The maximum atomic E-state index is 10.0. The minimum atomic E-state index is -0.750. The van der Waals surface area contributed by atoms with E-state index in [2.05, 4.69) is 19.7 Å². The molecule has 4 atom stereocenters. The van der Waals surface area contributed by atoms with Crippen LogP contribution in [-0.2, 0) is 0 Å². The number of allylic oxidation sites excluding steroid dienone is 1. The third-order valence-corrected chi connectivity index (χ3v) is 3.78. The SMILES string of the molecule is C=C(C)[C@H]1C[C@@H](O)C(=C)CCC(O)C(=C)[C@@H](O)C1. The van der Waals surface area contributed by atoms with E-state index in [9.17, 15) is 15.3 Å². The van der Waals surface area contributed by atoms with Crippen molar-refractivity contribution in [3.8, 4) is 0 Å². The molecule has 1 unspecified atom stereocenters. The van der Waals surface area contributed by atoms with Crippen molar-refractivity contribution in [2.75, 3.05) is 0 Å². The average Bonchev–Trinajstić information content (AvgIpc) is 2.31. The van der Waals surface area contributed by atoms with E-state index in [1.165, 1.54) is 0 Å². The lowest BCUT2D eigenvalue weighted by atomic mass is 9.82. The lowest BCUT2D eigenvalue weighted by molar-refractivity contribution is 0.104. The summed E-state index contributed by atoms with van der Waals surface area (Å²) in [6.07, 6.45) is -0.143. The summed E-state index contributed by atoms with van der Waals surface area (Å²) >= 11 is 0. The van der Waals surface area contributed by atoms with Crippen molar-refractivity contribution >= 4 is 0 Å². The molecule has 1 fully saturated rings. The molecule has 0 radical (unpaired) electrons. The molecule has 0 spiro atoms. The quantitative estimate of drug-likeness (QED) is 0.625. The van der Waals surface area contributed by atoms with Crippen LogP contribution in [0.2, 0.25) is 0 Å². The Labute approximate surface area is 109 Å². The minimum Gasteiger partial charge on any atom is -0.389 e. The first-order valence-electron chi connectivity index (χ1n) is 6.38. The molecule has 0 aromatic carbocycles. The molecule has 0 aromatic heterocycles. The monoisotopic (exact) mass is 252 g/mol. The summed E-state index contributed by atoms with van der Waals surface area (Å²) in [6.45, 7) is 13.4. The Morgan fingerprint density at radius 2 is 1.61 bits per heavy atom. The van der Waals surface area contributed by atoms with Gasteiger partial charge in [-0.05, 0) is 49.7 Å². The van der Waals surface area contributed by atoms with Crippen LogP contribution in [0.5, 0.6) is 0 Å². The Bertz CT molecular complexity index is 346. The molecule has 3 N–H and O–H groups in total. The lowest BCUT2D eigenvalue weighted by Crippen LogP contribution is -2.28. The van der Waals surface area contributed by atoms with Gasteiger partial charge in [-0.2, -0.15) is 0 Å². The van der Waals surface area contributed by atoms with Gasteiger partial charge < -0.3 is 15.3 Å². The highest BCUT2D eigenvalue weighted by Gasteiger charge is 2.26. The van der Waals surface area contributed by atoms with Gasteiger partial charge in [0.1, 0.15) is 0 Å². The predicted octanol–water partition coefficient (Wildman–Crippen LogP) is 1.95. The Morgan fingerprint density at radius 3 is 2.17 bits per heavy atom. The highest BCUT2D eigenvalue weighted by atomic mass is 16.3. The van der Waals surface area contributed by atoms with Gasteiger partial charge in [0.05, 0.1) is 18.3 Å². The third-order valence-electron chi connectivity index (χ3n) is 3.78. The summed E-state index contributed by atoms with van der Waals surface area (Å²) in [5.74, 6) is 0.00815. The molecule has 0 heterocycles. The largest absolute Gasteiger partial charge is 0.389 e. The topological polar surface area (TPSA) is 60.7 Å². The maximum Gasteiger partial charge on any atom is 0.0778 e. The first-order chi connectivity index (χ1) is 8.32. The Morgan fingerprint density at radius 1 is 1.06 bits per heavy atom. The Kier molecular flexibility index (Phi) is 5.32. The Hall–Kier alpha value is -0.900. The molecule has 3 heteroatoms. The fourth-order valence-corrected chi connectivity index (χ4v) is 2.25. The normalized spacial score (nSPS) is 35.3. The van der Waals surface area contributed by atoms with Crippen molar-refractivity contribution < 1.29 is 15.3 Å². The molecule has 1 aliphatic carbocycles. The van der Waals surface area contributed by atoms with E-state index in [-0.39, 0.29) is 5.92 Å². The summed E-state index contributed by atoms with van der Waals surface area (Å²) < 4.78 is 0. The molecule has 0 bridgehead atoms. The van der Waals surface area contributed by atoms with Gasteiger partial charge in [0, 0.05) is 0 Å². The van der Waals surface area contributed by atoms with Gasteiger partial charge in [-0.3, -0.25) is 0 Å². The fourth-order valence-electron chi connectivity index (χ4n) is 2.25. The highest BCUT2D eigenvalue weighted by Crippen LogP contribution is 2.29. The van der Waals surface area contributed by atoms with E-state index in [4.69, 9.17) is 0 Å². The Balaban J connectivity index is 2.89. The van der Waals surface area contributed by atoms with Crippen molar-refractivity contribution in [3.05, 3.63) is 36.5 Å². The smallest absolute Gasteiger partial charge is 0.0778 e. The molecule has 0 aromatic rings. The lowest BCUT2D eigenvalue weighted by Gasteiger charge is -2.29. The van der Waals surface area contributed by atoms with Gasteiger partial charge in [0.2, 0.25) is 0 Å². The zero-order chi connectivity index (χ0) is 13.9. The van der Waals surface area contributed by atoms with Gasteiger partial charge in [0.25, 0.3) is 0 Å². The average molecular weight is 252 g/mol. The summed E-state index contributed by atoms with van der Waals surface area (Å²) in [4.78, 5) is 0. The molecule has 102 valence electrons. The molecule has 0 amide bonds. The fraction of sp³-hybridized carbons (Fsp3) is 0.600. The molecule has 1 rings (SSSR count). The van der Waals surface area contributed by atoms with Crippen LogP contribution in [0.15, 0.2) is 36.5 Å². The second kappa shape index (κ2) is 6.32. The van der Waals surface area contributed by atoms with Crippen molar-refractivity contribution in [1.82, 2.24) is 0 Å². The van der Waals surface area contributed by atoms with Crippen LogP contribution in [0.4, 0.5) is 0 Å². The second-order valence-corrected chi connectivity index (χ2v) is 5.33. The second-order valence-electron chi connectivity index (χ2n) is 5.33. The van der Waals surface area contributed by atoms with E-state index in [0.717, 1.165) is 11.1 Å². The van der Waals surface area contributed by atoms with Gasteiger partial charge in [-0.1, -0.05) is 25.3 Å². The van der Waals surface area contributed by atoms with Crippen LogP contribution in [0.1, 0.15) is 32.6 Å². The standard InChI is InChI=1S/C15H24O3/c1-9(2)12-7-14(17)10(3)5-6-13(16)11(4)15(18)8-12/h12-18H,1,3-8H2,2H3/t12-,13?,14+,15-/m0/s1. The van der Waals surface area contributed by atoms with Gasteiger partial charge in [-0.15, -0.1) is 0 Å². The van der Waals surface area contributed by atoms with Crippen molar-refractivity contribution in [2.45, 2.75) is 50.9 Å². The third kappa shape index (κ3) is 3.80. The molecular weight excluding hydrogens is 228 g/mol. The zero-order valence-electron chi connectivity index (χ0n) is 11.1. The van der Waals surface area contributed by atoms with E-state index in [1.807, 2.05) is 6.92 Å².